The zero-order valence-corrected chi connectivity index (χ0v) is 11.5. The van der Waals surface area contributed by atoms with Gasteiger partial charge >= 0.3 is 0 Å². The van der Waals surface area contributed by atoms with E-state index in [0.717, 1.165) is 0 Å². The summed E-state index contributed by atoms with van der Waals surface area (Å²) >= 11 is 0. The highest BCUT2D eigenvalue weighted by Crippen LogP contribution is 2.12. The normalized spacial score (nSPS) is 19.9. The van der Waals surface area contributed by atoms with E-state index in [2.05, 4.69) is 22.1 Å². The Morgan fingerprint density at radius 2 is 2.30 bits per heavy atom. The minimum Gasteiger partial charge on any atom is -0.384 e. The maximum Gasteiger partial charge on any atom is 0.253 e. The van der Waals surface area contributed by atoms with Crippen molar-refractivity contribution in [3.8, 4) is 11.8 Å². The van der Waals surface area contributed by atoms with Gasteiger partial charge < -0.3 is 10.4 Å². The smallest absolute Gasteiger partial charge is 0.253 e. The SMILES string of the molecule is O=C(NC1CCS(=O)(=O)C1)c1cncc(C#CCO)c1. The monoisotopic (exact) mass is 294 g/mol. The van der Waals surface area contributed by atoms with Crippen LogP contribution in [-0.2, 0) is 9.84 Å². The Morgan fingerprint density at radius 3 is 2.95 bits per heavy atom. The average molecular weight is 294 g/mol. The minimum absolute atomic E-state index is 0.0177. The van der Waals surface area contributed by atoms with Crippen LogP contribution in [0.3, 0.4) is 0 Å². The van der Waals surface area contributed by atoms with Crippen LogP contribution >= 0.6 is 0 Å². The van der Waals surface area contributed by atoms with Crippen LogP contribution in [-0.4, -0.2) is 48.6 Å². The lowest BCUT2D eigenvalue weighted by molar-refractivity contribution is 0.0940. The second kappa shape index (κ2) is 6.03. The Kier molecular flexibility index (Phi) is 4.37. The number of aliphatic hydroxyl groups excluding tert-OH is 1. The maximum atomic E-state index is 12.0. The molecular formula is C13H14N2O4S. The predicted molar refractivity (Wildman–Crippen MR) is 72.7 cm³/mol. The molecule has 0 saturated carbocycles. The highest BCUT2D eigenvalue weighted by atomic mass is 32.2. The molecule has 1 saturated heterocycles. The van der Waals surface area contributed by atoms with Gasteiger partial charge in [-0.15, -0.1) is 0 Å². The summed E-state index contributed by atoms with van der Waals surface area (Å²) in [7, 11) is -3.02. The molecule has 6 nitrogen and oxygen atoms in total. The van der Waals surface area contributed by atoms with Crippen molar-refractivity contribution in [3.63, 3.8) is 0 Å². The molecule has 2 rings (SSSR count). The van der Waals surface area contributed by atoms with E-state index in [4.69, 9.17) is 5.11 Å². The summed E-state index contributed by atoms with van der Waals surface area (Å²) in [5.41, 5.74) is 0.838. The quantitative estimate of drug-likeness (QED) is 0.706. The van der Waals surface area contributed by atoms with Gasteiger partial charge in [0, 0.05) is 24.0 Å². The molecule has 0 aliphatic carbocycles. The van der Waals surface area contributed by atoms with Crippen LogP contribution in [0.25, 0.3) is 0 Å². The molecule has 2 heterocycles. The molecule has 1 aromatic heterocycles. The van der Waals surface area contributed by atoms with Crippen LogP contribution in [0.2, 0.25) is 0 Å². The van der Waals surface area contributed by atoms with E-state index >= 15 is 0 Å². The molecule has 0 radical (unpaired) electrons. The zero-order valence-electron chi connectivity index (χ0n) is 10.7. The number of pyridine rings is 1. The number of nitrogens with zero attached hydrogens (tertiary/aromatic N) is 1. The summed E-state index contributed by atoms with van der Waals surface area (Å²) in [6, 6.07) is 1.20. The van der Waals surface area contributed by atoms with Crippen molar-refractivity contribution in [2.24, 2.45) is 0 Å². The van der Waals surface area contributed by atoms with Crippen LogP contribution < -0.4 is 5.32 Å². The molecule has 2 N–H and O–H groups in total. The number of aromatic nitrogens is 1. The lowest BCUT2D eigenvalue weighted by Crippen LogP contribution is -2.35. The standard InChI is InChI=1S/C13H14N2O4S/c16-4-1-2-10-6-11(8-14-7-10)13(17)15-12-3-5-20(18,19)9-12/h6-8,12,16H,3-5,9H2,(H,15,17). The summed E-state index contributed by atoms with van der Waals surface area (Å²) in [4.78, 5) is 15.9. The van der Waals surface area contributed by atoms with Crippen molar-refractivity contribution in [1.82, 2.24) is 10.3 Å². The van der Waals surface area contributed by atoms with Crippen LogP contribution in [0.1, 0.15) is 22.3 Å². The number of carbonyl (C=O) groups excluding carboxylic acids is 1. The molecule has 1 unspecified atom stereocenters. The van der Waals surface area contributed by atoms with Crippen LogP contribution in [0, 0.1) is 11.8 Å². The molecule has 1 aliphatic rings. The number of hydrogen-bond donors (Lipinski definition) is 2. The molecule has 1 aromatic rings. The van der Waals surface area contributed by atoms with Gasteiger partial charge in [-0.05, 0) is 12.5 Å². The lowest BCUT2D eigenvalue weighted by atomic mass is 10.2. The average Bonchev–Trinajstić information content (AvgIpc) is 2.76. The van der Waals surface area contributed by atoms with Gasteiger partial charge in [-0.1, -0.05) is 11.8 Å². The molecule has 0 spiro atoms. The molecule has 1 atom stereocenters. The summed E-state index contributed by atoms with van der Waals surface area (Å²) in [5, 5.41) is 11.3. The van der Waals surface area contributed by atoms with Crippen LogP contribution in [0.4, 0.5) is 0 Å². The first-order valence-electron chi connectivity index (χ1n) is 6.06. The molecule has 0 aromatic carbocycles. The van der Waals surface area contributed by atoms with Gasteiger partial charge in [-0.25, -0.2) is 8.42 Å². The number of rotatable bonds is 2. The number of hydrogen-bond acceptors (Lipinski definition) is 5. The molecular weight excluding hydrogens is 280 g/mol. The number of aliphatic hydroxyl groups is 1. The largest absolute Gasteiger partial charge is 0.384 e. The molecule has 0 bridgehead atoms. The molecule has 7 heteroatoms. The summed E-state index contributed by atoms with van der Waals surface area (Å²) in [6.45, 7) is -0.268. The van der Waals surface area contributed by atoms with Gasteiger partial charge in [0.15, 0.2) is 9.84 Å². The third-order valence-electron chi connectivity index (χ3n) is 2.88. The van der Waals surface area contributed by atoms with E-state index in [-0.39, 0.29) is 30.1 Å². The van der Waals surface area contributed by atoms with Crippen molar-refractivity contribution in [1.29, 1.82) is 0 Å². The van der Waals surface area contributed by atoms with Crippen molar-refractivity contribution < 1.29 is 18.3 Å². The van der Waals surface area contributed by atoms with Crippen LogP contribution in [0.5, 0.6) is 0 Å². The number of carbonyl (C=O) groups is 1. The maximum absolute atomic E-state index is 12.0. The van der Waals surface area contributed by atoms with Gasteiger partial charge in [0.25, 0.3) is 5.91 Å². The molecule has 20 heavy (non-hydrogen) atoms. The Labute approximate surface area is 117 Å². The highest BCUT2D eigenvalue weighted by molar-refractivity contribution is 7.91. The fraction of sp³-hybridized carbons (Fsp3) is 0.385. The number of amides is 1. The van der Waals surface area contributed by atoms with E-state index < -0.39 is 9.84 Å². The van der Waals surface area contributed by atoms with Crippen LogP contribution in [0.15, 0.2) is 18.5 Å². The van der Waals surface area contributed by atoms with E-state index in [0.29, 0.717) is 17.5 Å². The first-order chi connectivity index (χ1) is 9.50. The van der Waals surface area contributed by atoms with E-state index in [1.807, 2.05) is 0 Å². The van der Waals surface area contributed by atoms with Crippen molar-refractivity contribution in [2.45, 2.75) is 12.5 Å². The fourth-order valence-corrected chi connectivity index (χ4v) is 3.62. The summed E-state index contributed by atoms with van der Waals surface area (Å²) < 4.78 is 22.7. The Hall–Kier alpha value is -1.91. The lowest BCUT2D eigenvalue weighted by Gasteiger charge is -2.10. The van der Waals surface area contributed by atoms with Gasteiger partial charge in [0.1, 0.15) is 6.61 Å². The third-order valence-corrected chi connectivity index (χ3v) is 4.65. The number of sulfone groups is 1. The van der Waals surface area contributed by atoms with Gasteiger partial charge in [0.2, 0.25) is 0 Å². The van der Waals surface area contributed by atoms with Crippen molar-refractivity contribution in [2.75, 3.05) is 18.1 Å². The first-order valence-corrected chi connectivity index (χ1v) is 7.88. The molecule has 1 aliphatic heterocycles. The van der Waals surface area contributed by atoms with E-state index in [1.165, 1.54) is 12.4 Å². The third kappa shape index (κ3) is 3.79. The fourth-order valence-electron chi connectivity index (χ4n) is 1.95. The topological polar surface area (TPSA) is 96.4 Å². The van der Waals surface area contributed by atoms with E-state index in [1.54, 1.807) is 6.07 Å². The minimum atomic E-state index is -3.02. The van der Waals surface area contributed by atoms with Gasteiger partial charge in [-0.2, -0.15) is 0 Å². The highest BCUT2D eigenvalue weighted by Gasteiger charge is 2.29. The molecule has 1 amide bonds. The summed E-state index contributed by atoms with van der Waals surface area (Å²) in [5.74, 6) is 4.85. The second-order valence-electron chi connectivity index (χ2n) is 4.50. The molecule has 106 valence electrons. The second-order valence-corrected chi connectivity index (χ2v) is 6.72. The Morgan fingerprint density at radius 1 is 1.50 bits per heavy atom. The van der Waals surface area contributed by atoms with Gasteiger partial charge in [0.05, 0.1) is 17.1 Å². The Balaban J connectivity index is 2.06. The molecule has 1 fully saturated rings. The van der Waals surface area contributed by atoms with Crippen molar-refractivity contribution >= 4 is 15.7 Å². The van der Waals surface area contributed by atoms with E-state index in [9.17, 15) is 13.2 Å². The van der Waals surface area contributed by atoms with Crippen molar-refractivity contribution in [3.05, 3.63) is 29.6 Å². The zero-order chi connectivity index (χ0) is 14.6. The summed E-state index contributed by atoms with van der Waals surface area (Å²) in [6.07, 6.45) is 3.31. The number of nitrogens with one attached hydrogen (secondary N) is 1. The predicted octanol–water partition coefficient (Wildman–Crippen LogP) is -0.658. The Bertz CT molecular complexity index is 673. The first kappa shape index (κ1) is 14.5. The van der Waals surface area contributed by atoms with Gasteiger partial charge in [-0.3, -0.25) is 9.78 Å².